The Bertz CT molecular complexity index is 616. The molecule has 20 heavy (non-hydrogen) atoms. The first kappa shape index (κ1) is 13.1. The van der Waals surface area contributed by atoms with E-state index >= 15 is 0 Å². The highest BCUT2D eigenvalue weighted by atomic mass is 16.5. The third kappa shape index (κ3) is 2.28. The van der Waals surface area contributed by atoms with Crippen molar-refractivity contribution in [3.05, 3.63) is 24.4 Å². The number of fused-ring (bicyclic) bond motifs is 1. The third-order valence-corrected chi connectivity index (χ3v) is 4.02. The number of hydrogen-bond donors (Lipinski definition) is 3. The van der Waals surface area contributed by atoms with Gasteiger partial charge in [-0.15, -0.1) is 0 Å². The van der Waals surface area contributed by atoms with Crippen LogP contribution in [0, 0.1) is 5.41 Å². The largest absolute Gasteiger partial charge is 0.381 e. The fraction of sp³-hybridized carbons (Fsp3) is 0.429. The van der Waals surface area contributed by atoms with E-state index in [9.17, 15) is 4.79 Å². The van der Waals surface area contributed by atoms with E-state index in [4.69, 9.17) is 10.5 Å². The number of H-pyrrole nitrogens is 1. The van der Waals surface area contributed by atoms with Gasteiger partial charge in [-0.2, -0.15) is 5.10 Å². The molecule has 106 valence electrons. The van der Waals surface area contributed by atoms with Crippen LogP contribution in [-0.2, 0) is 9.53 Å². The predicted molar refractivity (Wildman–Crippen MR) is 76.3 cm³/mol. The van der Waals surface area contributed by atoms with Crippen molar-refractivity contribution in [2.24, 2.45) is 11.1 Å². The van der Waals surface area contributed by atoms with Gasteiger partial charge in [-0.25, -0.2) is 0 Å². The predicted octanol–water partition coefficient (Wildman–Crippen LogP) is 1.26. The molecular weight excluding hydrogens is 256 g/mol. The van der Waals surface area contributed by atoms with Gasteiger partial charge in [0.15, 0.2) is 0 Å². The summed E-state index contributed by atoms with van der Waals surface area (Å²) < 4.78 is 5.33. The number of aromatic amines is 1. The number of carbonyl (C=O) groups is 1. The maximum Gasteiger partial charge on any atom is 0.232 e. The van der Waals surface area contributed by atoms with Crippen LogP contribution in [0.2, 0.25) is 0 Å². The summed E-state index contributed by atoms with van der Waals surface area (Å²) in [6, 6.07) is 5.67. The number of anilines is 1. The quantitative estimate of drug-likeness (QED) is 0.785. The Hall–Kier alpha value is -1.92. The Balaban J connectivity index is 1.80. The maximum atomic E-state index is 12.5. The molecule has 1 aliphatic heterocycles. The second-order valence-electron chi connectivity index (χ2n) is 5.22. The van der Waals surface area contributed by atoms with Crippen molar-refractivity contribution in [1.82, 2.24) is 10.2 Å². The van der Waals surface area contributed by atoms with Gasteiger partial charge in [0.25, 0.3) is 0 Å². The molecule has 0 bridgehead atoms. The van der Waals surface area contributed by atoms with Crippen LogP contribution >= 0.6 is 0 Å². The van der Waals surface area contributed by atoms with Crippen LogP contribution in [-0.4, -0.2) is 35.9 Å². The number of benzene rings is 1. The van der Waals surface area contributed by atoms with Gasteiger partial charge in [-0.1, -0.05) is 0 Å². The van der Waals surface area contributed by atoms with E-state index in [0.717, 1.165) is 16.6 Å². The second-order valence-corrected chi connectivity index (χ2v) is 5.22. The molecule has 0 saturated carbocycles. The van der Waals surface area contributed by atoms with Gasteiger partial charge in [-0.05, 0) is 31.0 Å². The minimum absolute atomic E-state index is 0.0221. The highest BCUT2D eigenvalue weighted by molar-refractivity contribution is 5.97. The number of amides is 1. The summed E-state index contributed by atoms with van der Waals surface area (Å²) in [5.41, 5.74) is 7.04. The van der Waals surface area contributed by atoms with Crippen LogP contribution in [0.25, 0.3) is 10.9 Å². The summed E-state index contributed by atoms with van der Waals surface area (Å²) in [5, 5.41) is 10.8. The van der Waals surface area contributed by atoms with Crippen molar-refractivity contribution in [3.8, 4) is 0 Å². The number of nitrogens with two attached hydrogens (primary N) is 1. The van der Waals surface area contributed by atoms with Crippen LogP contribution in [0.15, 0.2) is 24.4 Å². The van der Waals surface area contributed by atoms with Crippen molar-refractivity contribution in [1.29, 1.82) is 0 Å². The fourth-order valence-electron chi connectivity index (χ4n) is 2.57. The van der Waals surface area contributed by atoms with Crippen LogP contribution in [0.3, 0.4) is 0 Å². The van der Waals surface area contributed by atoms with Gasteiger partial charge in [0.05, 0.1) is 17.1 Å². The summed E-state index contributed by atoms with van der Waals surface area (Å²) in [7, 11) is 0. The fourth-order valence-corrected chi connectivity index (χ4v) is 2.57. The molecule has 1 aliphatic rings. The number of rotatable bonds is 3. The number of nitrogens with one attached hydrogen (secondary N) is 2. The lowest BCUT2D eigenvalue weighted by atomic mass is 9.79. The molecule has 0 unspecified atom stereocenters. The Labute approximate surface area is 116 Å². The van der Waals surface area contributed by atoms with E-state index in [0.29, 0.717) is 32.6 Å². The van der Waals surface area contributed by atoms with Gasteiger partial charge in [0.1, 0.15) is 0 Å². The third-order valence-electron chi connectivity index (χ3n) is 4.02. The van der Waals surface area contributed by atoms with E-state index in [1.807, 2.05) is 18.2 Å². The van der Waals surface area contributed by atoms with Crippen LogP contribution in [0.1, 0.15) is 12.8 Å². The number of hydrogen-bond acceptors (Lipinski definition) is 4. The van der Waals surface area contributed by atoms with Crippen LogP contribution in [0.4, 0.5) is 5.69 Å². The van der Waals surface area contributed by atoms with Gasteiger partial charge in [0, 0.05) is 30.8 Å². The Morgan fingerprint density at radius 1 is 1.45 bits per heavy atom. The maximum absolute atomic E-state index is 12.5. The molecule has 0 spiro atoms. The van der Waals surface area contributed by atoms with Gasteiger partial charge >= 0.3 is 0 Å². The molecule has 0 aliphatic carbocycles. The summed E-state index contributed by atoms with van der Waals surface area (Å²) >= 11 is 0. The van der Waals surface area contributed by atoms with Gasteiger partial charge in [0.2, 0.25) is 5.91 Å². The summed E-state index contributed by atoms with van der Waals surface area (Å²) in [4.78, 5) is 12.5. The second kappa shape index (κ2) is 5.22. The molecule has 2 aromatic rings. The van der Waals surface area contributed by atoms with E-state index < -0.39 is 5.41 Å². The summed E-state index contributed by atoms with van der Waals surface area (Å²) in [6.45, 7) is 1.52. The van der Waals surface area contributed by atoms with E-state index in [1.54, 1.807) is 6.20 Å². The van der Waals surface area contributed by atoms with Crippen LogP contribution in [0.5, 0.6) is 0 Å². The first-order valence-electron chi connectivity index (χ1n) is 6.76. The Kier molecular flexibility index (Phi) is 3.42. The van der Waals surface area contributed by atoms with E-state index in [1.165, 1.54) is 0 Å². The lowest BCUT2D eigenvalue weighted by Gasteiger charge is -2.34. The van der Waals surface area contributed by atoms with Gasteiger partial charge in [-0.3, -0.25) is 9.89 Å². The smallest absolute Gasteiger partial charge is 0.232 e. The molecule has 1 amide bonds. The molecular formula is C14H18N4O2. The number of nitrogens with zero attached hydrogens (tertiary/aromatic N) is 1. The summed E-state index contributed by atoms with van der Waals surface area (Å²) in [5.74, 6) is -0.0221. The zero-order chi connectivity index (χ0) is 14.0. The van der Waals surface area contributed by atoms with E-state index in [2.05, 4.69) is 15.5 Å². The highest BCUT2D eigenvalue weighted by Crippen LogP contribution is 2.31. The molecule has 3 rings (SSSR count). The molecule has 2 heterocycles. The Morgan fingerprint density at radius 2 is 2.25 bits per heavy atom. The zero-order valence-electron chi connectivity index (χ0n) is 11.2. The lowest BCUT2D eigenvalue weighted by Crippen LogP contribution is -2.46. The first-order chi connectivity index (χ1) is 9.73. The summed E-state index contributed by atoms with van der Waals surface area (Å²) in [6.07, 6.45) is 3.07. The monoisotopic (exact) mass is 274 g/mol. The van der Waals surface area contributed by atoms with Crippen LogP contribution < -0.4 is 11.1 Å². The zero-order valence-corrected chi connectivity index (χ0v) is 11.2. The SMILES string of the molecule is NCC1(C(=O)Nc2ccc3[nH]ncc3c2)CCOCC1. The van der Waals surface area contributed by atoms with Crippen molar-refractivity contribution in [2.75, 3.05) is 25.1 Å². The Morgan fingerprint density at radius 3 is 3.00 bits per heavy atom. The minimum atomic E-state index is -0.510. The molecule has 1 fully saturated rings. The average molecular weight is 274 g/mol. The average Bonchev–Trinajstić information content (AvgIpc) is 2.95. The van der Waals surface area contributed by atoms with Crippen molar-refractivity contribution < 1.29 is 9.53 Å². The molecule has 4 N–H and O–H groups in total. The van der Waals surface area contributed by atoms with Crippen molar-refractivity contribution in [2.45, 2.75) is 12.8 Å². The standard InChI is InChI=1S/C14H18N4O2/c15-9-14(3-5-20-6-4-14)13(19)17-11-1-2-12-10(7-11)8-16-18-12/h1-2,7-8H,3-6,9,15H2,(H,16,18)(H,17,19). The molecule has 0 radical (unpaired) electrons. The lowest BCUT2D eigenvalue weighted by molar-refractivity contribution is -0.130. The highest BCUT2D eigenvalue weighted by Gasteiger charge is 2.38. The number of carbonyl (C=O) groups excluding carboxylic acids is 1. The van der Waals surface area contributed by atoms with E-state index in [-0.39, 0.29) is 5.91 Å². The minimum Gasteiger partial charge on any atom is -0.381 e. The molecule has 6 heteroatoms. The number of aromatic nitrogens is 2. The van der Waals surface area contributed by atoms with Gasteiger partial charge < -0.3 is 15.8 Å². The molecule has 1 aromatic carbocycles. The number of ether oxygens (including phenoxy) is 1. The molecule has 1 aromatic heterocycles. The first-order valence-corrected chi connectivity index (χ1v) is 6.76. The molecule has 0 atom stereocenters. The molecule has 1 saturated heterocycles. The topological polar surface area (TPSA) is 93.0 Å². The normalized spacial score (nSPS) is 18.1. The molecule has 6 nitrogen and oxygen atoms in total. The van der Waals surface area contributed by atoms with Crippen molar-refractivity contribution >= 4 is 22.5 Å². The van der Waals surface area contributed by atoms with Crippen molar-refractivity contribution in [3.63, 3.8) is 0 Å².